The third-order valence-electron chi connectivity index (χ3n) is 4.02. The van der Waals surface area contributed by atoms with Crippen molar-refractivity contribution in [3.63, 3.8) is 0 Å². The Balaban J connectivity index is 2.17. The van der Waals surface area contributed by atoms with Crippen molar-refractivity contribution in [2.24, 2.45) is 11.8 Å². The number of aliphatic hydroxyl groups is 1. The van der Waals surface area contributed by atoms with Gasteiger partial charge in [0.25, 0.3) is 0 Å². The minimum Gasteiger partial charge on any atom is -0.496 e. The maximum atomic E-state index is 10.6. The van der Waals surface area contributed by atoms with Gasteiger partial charge in [0.15, 0.2) is 0 Å². The van der Waals surface area contributed by atoms with Crippen molar-refractivity contribution in [1.82, 2.24) is 0 Å². The van der Waals surface area contributed by atoms with Gasteiger partial charge in [-0.3, -0.25) is 0 Å². The zero-order valence-electron chi connectivity index (χ0n) is 11.0. The monoisotopic (exact) mass is 312 g/mol. The average Bonchev–Trinajstić information content (AvgIpc) is 2.39. The molecule has 1 aromatic rings. The fraction of sp³-hybridized carbons (Fsp3) is 0.600. The third-order valence-corrected chi connectivity index (χ3v) is 4.51. The summed E-state index contributed by atoms with van der Waals surface area (Å²) >= 11 is 3.46. The number of benzene rings is 1. The Labute approximate surface area is 117 Å². The third kappa shape index (κ3) is 3.07. The summed E-state index contributed by atoms with van der Waals surface area (Å²) in [6.07, 6.45) is 4.25. The van der Waals surface area contributed by atoms with Crippen LogP contribution in [0.25, 0.3) is 0 Å². The van der Waals surface area contributed by atoms with Crippen molar-refractivity contribution in [3.05, 3.63) is 28.2 Å². The highest BCUT2D eigenvalue weighted by Gasteiger charge is 2.27. The number of halogens is 1. The fourth-order valence-corrected chi connectivity index (χ4v) is 3.17. The second-order valence-electron chi connectivity index (χ2n) is 5.35. The molecule has 1 atom stereocenters. The van der Waals surface area contributed by atoms with E-state index in [1.165, 1.54) is 12.8 Å². The first-order valence-electron chi connectivity index (χ1n) is 6.63. The van der Waals surface area contributed by atoms with E-state index < -0.39 is 6.10 Å². The minimum absolute atomic E-state index is 0.365. The number of aliphatic hydroxyl groups excluding tert-OH is 1. The number of methoxy groups -OCH3 is 1. The molecule has 1 aliphatic rings. The summed E-state index contributed by atoms with van der Waals surface area (Å²) in [4.78, 5) is 0. The first-order valence-corrected chi connectivity index (χ1v) is 7.42. The molecule has 2 rings (SSSR count). The molecule has 0 aromatic heterocycles. The summed E-state index contributed by atoms with van der Waals surface area (Å²) in [5.74, 6) is 1.95. The van der Waals surface area contributed by atoms with Crippen LogP contribution < -0.4 is 4.74 Å². The first-order chi connectivity index (χ1) is 8.61. The molecule has 0 heterocycles. The fourth-order valence-electron chi connectivity index (χ4n) is 2.79. The van der Waals surface area contributed by atoms with Gasteiger partial charge in [-0.05, 0) is 42.9 Å². The zero-order valence-corrected chi connectivity index (χ0v) is 12.6. The van der Waals surface area contributed by atoms with E-state index in [9.17, 15) is 5.11 Å². The summed E-state index contributed by atoms with van der Waals surface area (Å²) in [5.41, 5.74) is 0.909. The van der Waals surface area contributed by atoms with E-state index in [-0.39, 0.29) is 0 Å². The largest absolute Gasteiger partial charge is 0.496 e. The molecule has 0 radical (unpaired) electrons. The van der Waals surface area contributed by atoms with Gasteiger partial charge in [-0.2, -0.15) is 0 Å². The van der Waals surface area contributed by atoms with Gasteiger partial charge in [-0.15, -0.1) is 0 Å². The molecule has 0 saturated heterocycles. The molecule has 1 unspecified atom stereocenters. The van der Waals surface area contributed by atoms with Crippen LogP contribution in [0, 0.1) is 11.8 Å². The van der Waals surface area contributed by atoms with Gasteiger partial charge < -0.3 is 9.84 Å². The Bertz CT molecular complexity index is 397. The average molecular weight is 313 g/mol. The molecule has 0 bridgehead atoms. The molecule has 18 heavy (non-hydrogen) atoms. The lowest BCUT2D eigenvalue weighted by atomic mass is 9.78. The van der Waals surface area contributed by atoms with Gasteiger partial charge >= 0.3 is 0 Å². The lowest BCUT2D eigenvalue weighted by Gasteiger charge is -2.30. The van der Waals surface area contributed by atoms with Gasteiger partial charge in [0.1, 0.15) is 5.75 Å². The lowest BCUT2D eigenvalue weighted by Crippen LogP contribution is -2.19. The van der Waals surface area contributed by atoms with Gasteiger partial charge in [-0.25, -0.2) is 0 Å². The smallest absolute Gasteiger partial charge is 0.124 e. The van der Waals surface area contributed by atoms with Crippen molar-refractivity contribution in [1.29, 1.82) is 0 Å². The maximum absolute atomic E-state index is 10.6. The Morgan fingerprint density at radius 3 is 2.56 bits per heavy atom. The highest BCUT2D eigenvalue weighted by molar-refractivity contribution is 9.10. The Hall–Kier alpha value is -0.540. The van der Waals surface area contributed by atoms with Crippen LogP contribution in [0.5, 0.6) is 5.75 Å². The highest BCUT2D eigenvalue weighted by atomic mass is 79.9. The normalized spacial score (nSPS) is 25.8. The number of hydrogen-bond donors (Lipinski definition) is 1. The van der Waals surface area contributed by atoms with Crippen LogP contribution in [0.1, 0.15) is 44.3 Å². The zero-order chi connectivity index (χ0) is 13.1. The van der Waals surface area contributed by atoms with Gasteiger partial charge in [0, 0.05) is 10.0 Å². The number of rotatable bonds is 3. The number of ether oxygens (including phenoxy) is 1. The Morgan fingerprint density at radius 1 is 1.28 bits per heavy atom. The predicted molar refractivity (Wildman–Crippen MR) is 76.8 cm³/mol. The van der Waals surface area contributed by atoms with Crippen LogP contribution in [0.2, 0.25) is 0 Å². The Morgan fingerprint density at radius 2 is 1.94 bits per heavy atom. The highest BCUT2D eigenvalue weighted by Crippen LogP contribution is 2.40. The molecule has 3 heteroatoms. The maximum Gasteiger partial charge on any atom is 0.124 e. The second-order valence-corrected chi connectivity index (χ2v) is 6.27. The SMILES string of the molecule is COc1ccc(Br)cc1C(O)C1CCC(C)CC1. The van der Waals surface area contributed by atoms with Crippen molar-refractivity contribution in [3.8, 4) is 5.75 Å². The molecular weight excluding hydrogens is 292 g/mol. The van der Waals surface area contributed by atoms with Crippen molar-refractivity contribution in [2.45, 2.75) is 38.7 Å². The summed E-state index contributed by atoms with van der Waals surface area (Å²) in [6, 6.07) is 5.83. The van der Waals surface area contributed by atoms with Gasteiger partial charge in [0.05, 0.1) is 13.2 Å². The van der Waals surface area contributed by atoms with Gasteiger partial charge in [0.2, 0.25) is 0 Å². The van der Waals surface area contributed by atoms with E-state index in [1.807, 2.05) is 18.2 Å². The molecular formula is C15H21BrO2. The molecule has 0 spiro atoms. The molecule has 1 fully saturated rings. The van der Waals surface area contributed by atoms with E-state index in [0.717, 1.165) is 34.5 Å². The molecule has 2 nitrogen and oxygen atoms in total. The molecule has 0 amide bonds. The standard InChI is InChI=1S/C15H21BrO2/c1-10-3-5-11(6-4-10)15(17)13-9-12(16)7-8-14(13)18-2/h7-11,15,17H,3-6H2,1-2H3. The second kappa shape index (κ2) is 6.07. The summed E-state index contributed by atoms with van der Waals surface area (Å²) in [6.45, 7) is 2.29. The van der Waals surface area contributed by atoms with E-state index in [2.05, 4.69) is 22.9 Å². The molecule has 1 saturated carbocycles. The van der Waals surface area contributed by atoms with Crippen LogP contribution >= 0.6 is 15.9 Å². The lowest BCUT2D eigenvalue weighted by molar-refractivity contribution is 0.0734. The first kappa shape index (κ1) is 13.9. The van der Waals surface area contributed by atoms with Crippen molar-refractivity contribution in [2.75, 3.05) is 7.11 Å². The summed E-state index contributed by atoms with van der Waals surface area (Å²) in [7, 11) is 1.66. The minimum atomic E-state index is -0.412. The molecule has 1 aliphatic carbocycles. The van der Waals surface area contributed by atoms with E-state index in [4.69, 9.17) is 4.74 Å². The quantitative estimate of drug-likeness (QED) is 0.900. The van der Waals surface area contributed by atoms with E-state index >= 15 is 0 Å². The van der Waals surface area contributed by atoms with E-state index in [1.54, 1.807) is 7.11 Å². The topological polar surface area (TPSA) is 29.5 Å². The van der Waals surface area contributed by atoms with E-state index in [0.29, 0.717) is 5.92 Å². The van der Waals surface area contributed by atoms with Crippen LogP contribution in [0.3, 0.4) is 0 Å². The summed E-state index contributed by atoms with van der Waals surface area (Å²) < 4.78 is 6.34. The van der Waals surface area contributed by atoms with Gasteiger partial charge in [-0.1, -0.05) is 35.7 Å². The van der Waals surface area contributed by atoms with Crippen LogP contribution in [0.15, 0.2) is 22.7 Å². The van der Waals surface area contributed by atoms with Crippen LogP contribution in [0.4, 0.5) is 0 Å². The Kier molecular flexibility index (Phi) is 4.68. The predicted octanol–water partition coefficient (Wildman–Crippen LogP) is 4.32. The van der Waals surface area contributed by atoms with Crippen LogP contribution in [-0.2, 0) is 0 Å². The summed E-state index contributed by atoms with van der Waals surface area (Å²) in [5, 5.41) is 10.6. The molecule has 0 aliphatic heterocycles. The van der Waals surface area contributed by atoms with Crippen molar-refractivity contribution < 1.29 is 9.84 Å². The number of hydrogen-bond acceptors (Lipinski definition) is 2. The molecule has 1 aromatic carbocycles. The van der Waals surface area contributed by atoms with Crippen molar-refractivity contribution >= 4 is 15.9 Å². The molecule has 1 N–H and O–H groups in total. The van der Waals surface area contributed by atoms with Crippen LogP contribution in [-0.4, -0.2) is 12.2 Å². The molecule has 100 valence electrons.